The summed E-state index contributed by atoms with van der Waals surface area (Å²) in [5, 5.41) is 15.5. The number of rotatable bonds is 4. The second-order valence-corrected chi connectivity index (χ2v) is 5.84. The SMILES string of the molecule is N#CC1(COC(=O)c2cn[nH]c2-c2c(F)cccc2F)CCOCC1. The van der Waals surface area contributed by atoms with E-state index in [4.69, 9.17) is 9.47 Å². The van der Waals surface area contributed by atoms with Gasteiger partial charge in [-0.25, -0.2) is 13.6 Å². The minimum Gasteiger partial charge on any atom is -0.460 e. The van der Waals surface area contributed by atoms with Crippen LogP contribution < -0.4 is 0 Å². The fourth-order valence-corrected chi connectivity index (χ4v) is 2.70. The van der Waals surface area contributed by atoms with Gasteiger partial charge in [0, 0.05) is 13.2 Å². The van der Waals surface area contributed by atoms with Crippen molar-refractivity contribution >= 4 is 5.97 Å². The number of benzene rings is 1. The molecule has 2 aromatic rings. The molecule has 0 spiro atoms. The zero-order valence-electron chi connectivity index (χ0n) is 13.2. The molecule has 1 aromatic carbocycles. The van der Waals surface area contributed by atoms with E-state index in [1.165, 1.54) is 6.07 Å². The van der Waals surface area contributed by atoms with E-state index in [0.717, 1.165) is 18.3 Å². The maximum atomic E-state index is 14.0. The van der Waals surface area contributed by atoms with Gasteiger partial charge in [-0.1, -0.05) is 6.07 Å². The number of carbonyl (C=O) groups is 1. The van der Waals surface area contributed by atoms with E-state index < -0.39 is 23.0 Å². The first kappa shape index (κ1) is 17.0. The van der Waals surface area contributed by atoms with Crippen molar-refractivity contribution in [2.45, 2.75) is 12.8 Å². The maximum Gasteiger partial charge on any atom is 0.342 e. The lowest BCUT2D eigenvalue weighted by Gasteiger charge is -2.29. The number of hydrogen-bond donors (Lipinski definition) is 1. The van der Waals surface area contributed by atoms with E-state index in [-0.39, 0.29) is 23.4 Å². The van der Waals surface area contributed by atoms with Gasteiger partial charge < -0.3 is 9.47 Å². The average molecular weight is 347 g/mol. The molecule has 8 heteroatoms. The highest BCUT2D eigenvalue weighted by Crippen LogP contribution is 2.31. The van der Waals surface area contributed by atoms with Crippen LogP contribution in [0, 0.1) is 28.4 Å². The molecule has 2 heterocycles. The molecule has 0 bridgehead atoms. The van der Waals surface area contributed by atoms with Gasteiger partial charge in [0.05, 0.1) is 28.9 Å². The van der Waals surface area contributed by atoms with Crippen LogP contribution in [0.1, 0.15) is 23.2 Å². The molecule has 3 rings (SSSR count). The quantitative estimate of drug-likeness (QED) is 0.859. The van der Waals surface area contributed by atoms with Crippen molar-refractivity contribution in [3.05, 3.63) is 41.6 Å². The van der Waals surface area contributed by atoms with Crippen molar-refractivity contribution in [2.75, 3.05) is 19.8 Å². The summed E-state index contributed by atoms with van der Waals surface area (Å²) in [6.45, 7) is 0.723. The van der Waals surface area contributed by atoms with E-state index in [0.29, 0.717) is 26.1 Å². The Hall–Kier alpha value is -2.79. The number of H-pyrrole nitrogens is 1. The fourth-order valence-electron chi connectivity index (χ4n) is 2.70. The van der Waals surface area contributed by atoms with E-state index in [2.05, 4.69) is 16.3 Å². The van der Waals surface area contributed by atoms with Gasteiger partial charge in [-0.05, 0) is 25.0 Å². The Morgan fingerprint density at radius 2 is 2.04 bits per heavy atom. The van der Waals surface area contributed by atoms with E-state index >= 15 is 0 Å². The molecule has 130 valence electrons. The van der Waals surface area contributed by atoms with Gasteiger partial charge >= 0.3 is 5.97 Å². The molecule has 1 saturated heterocycles. The van der Waals surface area contributed by atoms with Crippen molar-refractivity contribution in [1.29, 1.82) is 5.26 Å². The summed E-state index contributed by atoms with van der Waals surface area (Å²) in [5.74, 6) is -2.44. The lowest BCUT2D eigenvalue weighted by Crippen LogP contribution is -2.33. The predicted octanol–water partition coefficient (Wildman–Crippen LogP) is 2.83. The molecule has 0 atom stereocenters. The van der Waals surface area contributed by atoms with Gasteiger partial charge in [0.2, 0.25) is 0 Å². The van der Waals surface area contributed by atoms with Crippen LogP contribution in [0.4, 0.5) is 8.78 Å². The molecule has 6 nitrogen and oxygen atoms in total. The topological polar surface area (TPSA) is 88.0 Å². The Kier molecular flexibility index (Phi) is 4.76. The number of ether oxygens (including phenoxy) is 2. The third kappa shape index (κ3) is 3.37. The smallest absolute Gasteiger partial charge is 0.342 e. The molecular formula is C17H15F2N3O3. The fraction of sp³-hybridized carbons (Fsp3) is 0.353. The number of nitriles is 1. The molecule has 0 amide bonds. The van der Waals surface area contributed by atoms with Crippen LogP contribution in [-0.4, -0.2) is 36.0 Å². The number of hydrogen-bond acceptors (Lipinski definition) is 5. The van der Waals surface area contributed by atoms with Crippen molar-refractivity contribution in [1.82, 2.24) is 10.2 Å². The normalized spacial score (nSPS) is 16.2. The molecule has 1 aliphatic rings. The number of aromatic nitrogens is 2. The third-order valence-corrected chi connectivity index (χ3v) is 4.24. The summed E-state index contributed by atoms with van der Waals surface area (Å²) >= 11 is 0. The monoisotopic (exact) mass is 347 g/mol. The number of nitrogens with one attached hydrogen (secondary N) is 1. The van der Waals surface area contributed by atoms with Gasteiger partial charge in [0.1, 0.15) is 23.8 Å². The summed E-state index contributed by atoms with van der Waals surface area (Å²) in [7, 11) is 0. The highest BCUT2D eigenvalue weighted by Gasteiger charge is 2.35. The molecule has 25 heavy (non-hydrogen) atoms. The molecule has 1 aliphatic heterocycles. The van der Waals surface area contributed by atoms with E-state index in [1.54, 1.807) is 0 Å². The van der Waals surface area contributed by atoms with Gasteiger partial charge in [-0.2, -0.15) is 10.4 Å². The minimum atomic E-state index is -0.823. The summed E-state index contributed by atoms with van der Waals surface area (Å²) in [4.78, 5) is 12.4. The van der Waals surface area contributed by atoms with E-state index in [1.807, 2.05) is 0 Å². The molecular weight excluding hydrogens is 332 g/mol. The van der Waals surface area contributed by atoms with Gasteiger partial charge in [-0.15, -0.1) is 0 Å². The van der Waals surface area contributed by atoms with Gasteiger partial charge in [0.15, 0.2) is 0 Å². The Bertz CT molecular complexity index is 803. The Balaban J connectivity index is 1.81. The van der Waals surface area contributed by atoms with E-state index in [9.17, 15) is 18.8 Å². The largest absolute Gasteiger partial charge is 0.460 e. The van der Waals surface area contributed by atoms with Crippen LogP contribution in [0.25, 0.3) is 11.3 Å². The van der Waals surface area contributed by atoms with Crippen LogP contribution in [0.2, 0.25) is 0 Å². The van der Waals surface area contributed by atoms with Crippen molar-refractivity contribution in [3.63, 3.8) is 0 Å². The van der Waals surface area contributed by atoms with Crippen LogP contribution >= 0.6 is 0 Å². The second-order valence-electron chi connectivity index (χ2n) is 5.84. The Morgan fingerprint density at radius 1 is 1.36 bits per heavy atom. The number of carbonyl (C=O) groups excluding carboxylic acids is 1. The minimum absolute atomic E-state index is 0.0934. The summed E-state index contributed by atoms with van der Waals surface area (Å²) < 4.78 is 38.4. The first-order valence-electron chi connectivity index (χ1n) is 7.70. The summed E-state index contributed by atoms with van der Waals surface area (Å²) in [6, 6.07) is 5.58. The first-order chi connectivity index (χ1) is 12.1. The highest BCUT2D eigenvalue weighted by atomic mass is 19.1. The second kappa shape index (κ2) is 6.99. The van der Waals surface area contributed by atoms with Crippen molar-refractivity contribution in [3.8, 4) is 17.3 Å². The Morgan fingerprint density at radius 3 is 2.68 bits per heavy atom. The van der Waals surface area contributed by atoms with Gasteiger partial charge in [0.25, 0.3) is 0 Å². The zero-order valence-corrected chi connectivity index (χ0v) is 13.2. The number of nitrogens with zero attached hydrogens (tertiary/aromatic N) is 2. The third-order valence-electron chi connectivity index (χ3n) is 4.24. The standard InChI is InChI=1S/C17H15F2N3O3/c18-12-2-1-3-13(19)14(12)15-11(8-21-22-15)16(23)25-10-17(9-20)4-6-24-7-5-17/h1-3,8H,4-7,10H2,(H,21,22). The number of halogens is 2. The lowest BCUT2D eigenvalue weighted by molar-refractivity contribution is -0.00462. The highest BCUT2D eigenvalue weighted by molar-refractivity contribution is 5.96. The molecule has 0 radical (unpaired) electrons. The molecule has 1 fully saturated rings. The van der Waals surface area contributed by atoms with Crippen LogP contribution in [0.15, 0.2) is 24.4 Å². The van der Waals surface area contributed by atoms with Crippen LogP contribution in [-0.2, 0) is 9.47 Å². The van der Waals surface area contributed by atoms with Crippen molar-refractivity contribution in [2.24, 2.45) is 5.41 Å². The maximum absolute atomic E-state index is 14.0. The van der Waals surface area contributed by atoms with Gasteiger partial charge in [-0.3, -0.25) is 5.10 Å². The predicted molar refractivity (Wildman–Crippen MR) is 82.3 cm³/mol. The molecule has 0 aliphatic carbocycles. The summed E-state index contributed by atoms with van der Waals surface area (Å²) in [6.07, 6.45) is 2.06. The molecule has 1 aromatic heterocycles. The zero-order chi connectivity index (χ0) is 17.9. The van der Waals surface area contributed by atoms with Crippen LogP contribution in [0.3, 0.4) is 0 Å². The average Bonchev–Trinajstić information content (AvgIpc) is 3.10. The van der Waals surface area contributed by atoms with Crippen LogP contribution in [0.5, 0.6) is 0 Å². The number of aromatic amines is 1. The molecule has 0 unspecified atom stereocenters. The molecule has 0 saturated carbocycles. The lowest BCUT2D eigenvalue weighted by atomic mass is 9.83. The number of esters is 1. The van der Waals surface area contributed by atoms with Crippen molar-refractivity contribution < 1.29 is 23.0 Å². The summed E-state index contributed by atoms with van der Waals surface area (Å²) in [5.41, 5.74) is -1.38. The molecule has 1 N–H and O–H groups in total. The Labute approximate surface area is 142 Å². The first-order valence-corrected chi connectivity index (χ1v) is 7.70.